The van der Waals surface area contributed by atoms with Gasteiger partial charge in [0, 0.05) is 33.5 Å². The summed E-state index contributed by atoms with van der Waals surface area (Å²) in [5.41, 5.74) is 18.0. The third-order valence-electron chi connectivity index (χ3n) is 11.4. The number of anilines is 5. The van der Waals surface area contributed by atoms with Crippen LogP contribution in [0.2, 0.25) is 0 Å². The van der Waals surface area contributed by atoms with Gasteiger partial charge in [-0.2, -0.15) is 0 Å². The standard InChI is InChI=1S/C48H46N2/c1-29-9-17-39(25-33(29)5)49(40-18-10-30(2)34(6)26-40)45-23-15-37-14-22-44-46(24-16-38-13-21-43(45)47(37)48(38)44)50(41-19-11-31(3)35(7)27-41)42-20-12-32(4)36(8)28-42/h9-11,13-19,21-28H,12,20H2,1-8H3. The van der Waals surface area contributed by atoms with Crippen molar-refractivity contribution < 1.29 is 0 Å². The van der Waals surface area contributed by atoms with Crippen molar-refractivity contribution in [2.75, 3.05) is 9.80 Å². The molecule has 2 nitrogen and oxygen atoms in total. The monoisotopic (exact) mass is 650 g/mol. The van der Waals surface area contributed by atoms with Crippen LogP contribution in [0, 0.1) is 41.5 Å². The van der Waals surface area contributed by atoms with Gasteiger partial charge >= 0.3 is 0 Å². The van der Waals surface area contributed by atoms with Crippen LogP contribution in [-0.2, 0) is 0 Å². The number of benzene rings is 7. The fourth-order valence-electron chi connectivity index (χ4n) is 7.78. The second kappa shape index (κ2) is 12.2. The van der Waals surface area contributed by atoms with Gasteiger partial charge in [-0.25, -0.2) is 0 Å². The molecule has 0 bridgehead atoms. The number of nitrogens with zero attached hydrogens (tertiary/aromatic N) is 2. The average molecular weight is 651 g/mol. The summed E-state index contributed by atoms with van der Waals surface area (Å²) in [5.74, 6) is 0. The van der Waals surface area contributed by atoms with E-state index in [0.29, 0.717) is 0 Å². The zero-order valence-electron chi connectivity index (χ0n) is 30.7. The van der Waals surface area contributed by atoms with E-state index in [0.717, 1.165) is 12.8 Å². The van der Waals surface area contributed by atoms with Crippen LogP contribution in [0.1, 0.15) is 60.1 Å². The van der Waals surface area contributed by atoms with E-state index in [-0.39, 0.29) is 0 Å². The molecule has 0 N–H and O–H groups in total. The Labute approximate surface area is 297 Å². The van der Waals surface area contributed by atoms with E-state index in [1.807, 2.05) is 0 Å². The van der Waals surface area contributed by atoms with Crippen molar-refractivity contribution in [2.24, 2.45) is 0 Å². The maximum Gasteiger partial charge on any atom is 0.0540 e. The molecule has 0 saturated carbocycles. The molecule has 0 aromatic heterocycles. The Kier molecular flexibility index (Phi) is 7.79. The van der Waals surface area contributed by atoms with E-state index in [2.05, 4.69) is 174 Å². The fourth-order valence-corrected chi connectivity index (χ4v) is 7.78. The van der Waals surface area contributed by atoms with Crippen molar-refractivity contribution in [1.82, 2.24) is 0 Å². The lowest BCUT2D eigenvalue weighted by molar-refractivity contribution is 0.859. The summed E-state index contributed by atoms with van der Waals surface area (Å²) in [5, 5.41) is 7.73. The van der Waals surface area contributed by atoms with Crippen LogP contribution in [0.4, 0.5) is 28.4 Å². The van der Waals surface area contributed by atoms with E-state index in [4.69, 9.17) is 0 Å². The summed E-state index contributed by atoms with van der Waals surface area (Å²) >= 11 is 0. The van der Waals surface area contributed by atoms with E-state index in [1.54, 1.807) is 0 Å². The highest BCUT2D eigenvalue weighted by atomic mass is 15.2. The van der Waals surface area contributed by atoms with Gasteiger partial charge in [0.25, 0.3) is 0 Å². The van der Waals surface area contributed by atoms with Crippen molar-refractivity contribution >= 4 is 60.8 Å². The zero-order valence-corrected chi connectivity index (χ0v) is 30.7. The molecule has 0 amide bonds. The molecule has 0 aliphatic heterocycles. The van der Waals surface area contributed by atoms with Crippen LogP contribution in [0.15, 0.2) is 126 Å². The minimum Gasteiger partial charge on any atom is -0.314 e. The van der Waals surface area contributed by atoms with Gasteiger partial charge in [-0.1, -0.05) is 65.7 Å². The first-order valence-corrected chi connectivity index (χ1v) is 18.0. The molecule has 2 heteroatoms. The Morgan fingerprint density at radius 1 is 0.400 bits per heavy atom. The van der Waals surface area contributed by atoms with Gasteiger partial charge in [0.2, 0.25) is 0 Å². The summed E-state index contributed by atoms with van der Waals surface area (Å²) in [4.78, 5) is 4.99. The summed E-state index contributed by atoms with van der Waals surface area (Å²) < 4.78 is 0. The van der Waals surface area contributed by atoms with E-state index in [9.17, 15) is 0 Å². The number of allylic oxidation sites excluding steroid dienone is 4. The van der Waals surface area contributed by atoms with Crippen LogP contribution < -0.4 is 9.80 Å². The SMILES string of the molecule is CC1=C(C)CCC(N(c2ccc(C)c(C)c2)c2ccc3ccc4c(N(c5ccc(C)c(C)c5)c5ccc(C)c(C)c5)ccc5ccc2c3c54)=C1. The summed E-state index contributed by atoms with van der Waals surface area (Å²) in [7, 11) is 0. The molecular formula is C48H46N2. The molecule has 8 rings (SSSR count). The second-order valence-corrected chi connectivity index (χ2v) is 14.7. The van der Waals surface area contributed by atoms with Crippen LogP contribution in [0.3, 0.4) is 0 Å². The average Bonchev–Trinajstić information content (AvgIpc) is 3.11. The Hall–Kier alpha value is -5.34. The van der Waals surface area contributed by atoms with Crippen molar-refractivity contribution in [3.63, 3.8) is 0 Å². The molecule has 0 saturated heterocycles. The van der Waals surface area contributed by atoms with E-state index in [1.165, 1.54) is 111 Å². The summed E-state index contributed by atoms with van der Waals surface area (Å²) in [6, 6.07) is 39.3. The van der Waals surface area contributed by atoms with Crippen molar-refractivity contribution in [3.8, 4) is 0 Å². The van der Waals surface area contributed by atoms with Crippen LogP contribution in [-0.4, -0.2) is 0 Å². The maximum atomic E-state index is 2.53. The van der Waals surface area contributed by atoms with Crippen LogP contribution >= 0.6 is 0 Å². The normalized spacial score (nSPS) is 13.5. The first-order valence-electron chi connectivity index (χ1n) is 18.0. The van der Waals surface area contributed by atoms with E-state index < -0.39 is 0 Å². The Balaban J connectivity index is 1.41. The molecule has 1 aliphatic carbocycles. The molecule has 1 aliphatic rings. The van der Waals surface area contributed by atoms with Crippen molar-refractivity contribution in [2.45, 2.75) is 68.2 Å². The molecular weight excluding hydrogens is 605 g/mol. The van der Waals surface area contributed by atoms with Crippen LogP contribution in [0.25, 0.3) is 32.3 Å². The molecule has 50 heavy (non-hydrogen) atoms. The fraction of sp³-hybridized carbons (Fsp3) is 0.208. The molecule has 0 spiro atoms. The lowest BCUT2D eigenvalue weighted by atomic mass is 9.91. The molecule has 7 aromatic carbocycles. The first-order chi connectivity index (χ1) is 24.1. The third kappa shape index (κ3) is 5.26. The lowest BCUT2D eigenvalue weighted by Crippen LogP contribution is -2.19. The highest BCUT2D eigenvalue weighted by Crippen LogP contribution is 2.47. The highest BCUT2D eigenvalue weighted by Gasteiger charge is 2.24. The Morgan fingerprint density at radius 2 is 0.820 bits per heavy atom. The van der Waals surface area contributed by atoms with Gasteiger partial charge in [-0.15, -0.1) is 0 Å². The number of hydrogen-bond donors (Lipinski definition) is 0. The molecule has 0 atom stereocenters. The first kappa shape index (κ1) is 31.9. The number of hydrogen-bond acceptors (Lipinski definition) is 2. The molecule has 0 heterocycles. The van der Waals surface area contributed by atoms with Gasteiger partial charge in [-0.05, 0) is 178 Å². The second-order valence-electron chi connectivity index (χ2n) is 14.7. The minimum absolute atomic E-state index is 1.02. The Bertz CT molecular complexity index is 2480. The van der Waals surface area contributed by atoms with Gasteiger partial charge in [0.1, 0.15) is 0 Å². The number of aryl methyl sites for hydroxylation is 6. The van der Waals surface area contributed by atoms with E-state index >= 15 is 0 Å². The molecule has 0 unspecified atom stereocenters. The van der Waals surface area contributed by atoms with Gasteiger partial charge in [0.05, 0.1) is 11.4 Å². The van der Waals surface area contributed by atoms with Gasteiger partial charge < -0.3 is 9.80 Å². The molecule has 0 radical (unpaired) electrons. The molecule has 7 aromatic rings. The third-order valence-corrected chi connectivity index (χ3v) is 11.4. The summed E-state index contributed by atoms with van der Waals surface area (Å²) in [6.45, 7) is 17.8. The molecule has 0 fully saturated rings. The number of rotatable bonds is 6. The minimum atomic E-state index is 1.02. The molecule has 248 valence electrons. The largest absolute Gasteiger partial charge is 0.314 e. The quantitative estimate of drug-likeness (QED) is 0.165. The predicted molar refractivity (Wildman–Crippen MR) is 218 cm³/mol. The highest BCUT2D eigenvalue weighted by molar-refractivity contribution is 6.28. The zero-order chi connectivity index (χ0) is 34.8. The van der Waals surface area contributed by atoms with Crippen LogP contribution in [0.5, 0.6) is 0 Å². The smallest absolute Gasteiger partial charge is 0.0540 e. The van der Waals surface area contributed by atoms with Crippen molar-refractivity contribution in [3.05, 3.63) is 159 Å². The summed E-state index contributed by atoms with van der Waals surface area (Å²) in [6.07, 6.45) is 4.51. The predicted octanol–water partition coefficient (Wildman–Crippen LogP) is 14.1. The lowest BCUT2D eigenvalue weighted by Gasteiger charge is -2.32. The van der Waals surface area contributed by atoms with Crippen molar-refractivity contribution in [1.29, 1.82) is 0 Å². The van der Waals surface area contributed by atoms with Gasteiger partial charge in [0.15, 0.2) is 0 Å². The maximum absolute atomic E-state index is 2.53. The topological polar surface area (TPSA) is 6.48 Å². The van der Waals surface area contributed by atoms with Gasteiger partial charge in [-0.3, -0.25) is 0 Å². The Morgan fingerprint density at radius 3 is 1.26 bits per heavy atom.